The van der Waals surface area contributed by atoms with Crippen molar-refractivity contribution in [2.45, 2.75) is 40.5 Å². The van der Waals surface area contributed by atoms with Gasteiger partial charge in [-0.2, -0.15) is 0 Å². The van der Waals surface area contributed by atoms with Crippen LogP contribution in [0.5, 0.6) is 0 Å². The number of pyridine rings is 1. The van der Waals surface area contributed by atoms with E-state index in [2.05, 4.69) is 48.6 Å². The smallest absolute Gasteiger partial charge is 0.312 e. The Bertz CT molecular complexity index is 466. The van der Waals surface area contributed by atoms with E-state index in [9.17, 15) is 10.1 Å². The van der Waals surface area contributed by atoms with Crippen LogP contribution in [0.1, 0.15) is 40.5 Å². The largest absolute Gasteiger partial charge is 0.351 e. The van der Waals surface area contributed by atoms with Crippen LogP contribution in [0.4, 0.5) is 11.5 Å². The van der Waals surface area contributed by atoms with E-state index in [4.69, 9.17) is 0 Å². The van der Waals surface area contributed by atoms with Crippen molar-refractivity contribution < 1.29 is 4.92 Å². The van der Waals surface area contributed by atoms with Crippen LogP contribution in [-0.4, -0.2) is 23.0 Å². The SMILES string of the molecule is CC(C)CCN(CCC(C)C)c1ncc(Br)cc1[N+](=O)[O-]. The minimum absolute atomic E-state index is 0.0666. The Morgan fingerprint density at radius 3 is 2.19 bits per heavy atom. The average Bonchev–Trinajstić information content (AvgIpc) is 2.38. The monoisotopic (exact) mass is 357 g/mol. The van der Waals surface area contributed by atoms with Crippen LogP contribution in [-0.2, 0) is 0 Å². The third-order valence-corrected chi connectivity index (χ3v) is 3.70. The van der Waals surface area contributed by atoms with Crippen molar-refractivity contribution in [3.63, 3.8) is 0 Å². The van der Waals surface area contributed by atoms with Crippen molar-refractivity contribution in [2.75, 3.05) is 18.0 Å². The Hall–Kier alpha value is -1.17. The summed E-state index contributed by atoms with van der Waals surface area (Å²) in [5.74, 6) is 1.59. The molecule has 1 aromatic rings. The highest BCUT2D eigenvalue weighted by atomic mass is 79.9. The Kier molecular flexibility index (Phi) is 7.08. The second-order valence-corrected chi connectivity index (χ2v) is 7.02. The van der Waals surface area contributed by atoms with Gasteiger partial charge < -0.3 is 4.90 Å². The van der Waals surface area contributed by atoms with Gasteiger partial charge in [0.1, 0.15) is 0 Å². The fourth-order valence-electron chi connectivity index (χ4n) is 1.95. The highest BCUT2D eigenvalue weighted by molar-refractivity contribution is 9.10. The molecule has 0 spiro atoms. The van der Waals surface area contributed by atoms with Crippen molar-refractivity contribution in [1.82, 2.24) is 4.98 Å². The second-order valence-electron chi connectivity index (χ2n) is 6.11. The number of anilines is 1. The Balaban J connectivity index is 3.02. The lowest BCUT2D eigenvalue weighted by Gasteiger charge is -2.25. The molecule has 0 aliphatic carbocycles. The van der Waals surface area contributed by atoms with Gasteiger partial charge >= 0.3 is 5.69 Å². The first-order chi connectivity index (χ1) is 9.81. The molecule has 0 bridgehead atoms. The Morgan fingerprint density at radius 2 is 1.76 bits per heavy atom. The normalized spacial score (nSPS) is 11.2. The number of rotatable bonds is 8. The number of nitrogens with zero attached hydrogens (tertiary/aromatic N) is 3. The lowest BCUT2D eigenvalue weighted by molar-refractivity contribution is -0.384. The van der Waals surface area contributed by atoms with Gasteiger partial charge in [-0.05, 0) is 40.6 Å². The molecule has 1 aromatic heterocycles. The third-order valence-electron chi connectivity index (χ3n) is 3.26. The van der Waals surface area contributed by atoms with Gasteiger partial charge in [-0.3, -0.25) is 10.1 Å². The highest BCUT2D eigenvalue weighted by Crippen LogP contribution is 2.29. The molecule has 0 atom stereocenters. The van der Waals surface area contributed by atoms with Gasteiger partial charge in [-0.15, -0.1) is 0 Å². The van der Waals surface area contributed by atoms with Crippen LogP contribution in [0.2, 0.25) is 0 Å². The fourth-order valence-corrected chi connectivity index (χ4v) is 2.27. The van der Waals surface area contributed by atoms with Gasteiger partial charge in [0.15, 0.2) is 0 Å². The zero-order valence-corrected chi connectivity index (χ0v) is 14.8. The molecular weight excluding hydrogens is 334 g/mol. The van der Waals surface area contributed by atoms with Crippen molar-refractivity contribution >= 4 is 27.4 Å². The van der Waals surface area contributed by atoms with Gasteiger partial charge in [-0.25, -0.2) is 4.98 Å². The average molecular weight is 358 g/mol. The molecule has 21 heavy (non-hydrogen) atoms. The molecule has 0 aromatic carbocycles. The zero-order chi connectivity index (χ0) is 16.0. The third kappa shape index (κ3) is 5.99. The fraction of sp³-hybridized carbons (Fsp3) is 0.667. The molecular formula is C15H24BrN3O2. The van der Waals surface area contributed by atoms with E-state index in [1.165, 1.54) is 6.07 Å². The molecule has 6 heteroatoms. The van der Waals surface area contributed by atoms with Crippen LogP contribution in [0.25, 0.3) is 0 Å². The minimum atomic E-state index is -0.356. The van der Waals surface area contributed by atoms with Crippen LogP contribution >= 0.6 is 15.9 Å². The summed E-state index contributed by atoms with van der Waals surface area (Å²) in [4.78, 5) is 17.3. The maximum absolute atomic E-state index is 11.3. The summed E-state index contributed by atoms with van der Waals surface area (Å²) in [6, 6.07) is 1.53. The zero-order valence-electron chi connectivity index (χ0n) is 13.2. The number of nitro groups is 1. The molecule has 1 heterocycles. The Labute approximate surface area is 135 Å². The number of hydrogen-bond acceptors (Lipinski definition) is 4. The summed E-state index contributed by atoms with van der Waals surface area (Å²) in [6.07, 6.45) is 3.61. The molecule has 0 amide bonds. The van der Waals surface area contributed by atoms with Gasteiger partial charge in [-0.1, -0.05) is 27.7 Å². The minimum Gasteiger partial charge on any atom is -0.351 e. The molecule has 5 nitrogen and oxygen atoms in total. The summed E-state index contributed by atoms with van der Waals surface area (Å²) in [5.41, 5.74) is 0.0666. The maximum Gasteiger partial charge on any atom is 0.312 e. The summed E-state index contributed by atoms with van der Waals surface area (Å²) < 4.78 is 0.630. The first-order valence-electron chi connectivity index (χ1n) is 7.36. The summed E-state index contributed by atoms with van der Waals surface area (Å²) in [6.45, 7) is 10.2. The molecule has 0 fully saturated rings. The second kappa shape index (κ2) is 8.32. The highest BCUT2D eigenvalue weighted by Gasteiger charge is 2.22. The molecule has 0 aliphatic rings. The van der Waals surface area contributed by atoms with Crippen LogP contribution in [0.3, 0.4) is 0 Å². The van der Waals surface area contributed by atoms with Crippen LogP contribution in [0.15, 0.2) is 16.7 Å². The maximum atomic E-state index is 11.3. The van der Waals surface area contributed by atoms with E-state index in [-0.39, 0.29) is 10.6 Å². The first kappa shape index (κ1) is 17.9. The summed E-state index contributed by atoms with van der Waals surface area (Å²) >= 11 is 3.25. The lowest BCUT2D eigenvalue weighted by atomic mass is 10.1. The van der Waals surface area contributed by atoms with Crippen LogP contribution in [0, 0.1) is 22.0 Å². The van der Waals surface area contributed by atoms with Gasteiger partial charge in [0, 0.05) is 29.8 Å². The quantitative estimate of drug-likeness (QED) is 0.501. The predicted octanol–water partition coefficient (Wildman–Crippen LogP) is 4.65. The van der Waals surface area contributed by atoms with E-state index in [1.54, 1.807) is 6.20 Å². The first-order valence-corrected chi connectivity index (χ1v) is 8.15. The topological polar surface area (TPSA) is 59.3 Å². The van der Waals surface area contributed by atoms with E-state index >= 15 is 0 Å². The lowest BCUT2D eigenvalue weighted by Crippen LogP contribution is -2.29. The van der Waals surface area contributed by atoms with Crippen molar-refractivity contribution in [2.24, 2.45) is 11.8 Å². The molecule has 0 radical (unpaired) electrons. The van der Waals surface area contributed by atoms with Crippen molar-refractivity contribution in [1.29, 1.82) is 0 Å². The van der Waals surface area contributed by atoms with E-state index in [0.717, 1.165) is 25.9 Å². The summed E-state index contributed by atoms with van der Waals surface area (Å²) in [5, 5.41) is 11.3. The van der Waals surface area contributed by atoms with Gasteiger partial charge in [0.05, 0.1) is 4.92 Å². The van der Waals surface area contributed by atoms with Crippen LogP contribution < -0.4 is 4.90 Å². The van der Waals surface area contributed by atoms with E-state index in [1.807, 2.05) is 4.90 Å². The molecule has 0 unspecified atom stereocenters. The van der Waals surface area contributed by atoms with Crippen molar-refractivity contribution in [3.05, 3.63) is 26.9 Å². The predicted molar refractivity (Wildman–Crippen MR) is 89.7 cm³/mol. The molecule has 0 saturated heterocycles. The molecule has 0 N–H and O–H groups in total. The molecule has 1 rings (SSSR count). The standard InChI is InChI=1S/C15H24BrN3O2/c1-11(2)5-7-18(8-6-12(3)4)15-14(19(20)21)9-13(16)10-17-15/h9-12H,5-8H2,1-4H3. The number of hydrogen-bond donors (Lipinski definition) is 0. The molecule has 0 aliphatic heterocycles. The summed E-state index contributed by atoms with van der Waals surface area (Å²) in [7, 11) is 0. The van der Waals surface area contributed by atoms with E-state index < -0.39 is 0 Å². The van der Waals surface area contributed by atoms with Crippen molar-refractivity contribution in [3.8, 4) is 0 Å². The van der Waals surface area contributed by atoms with Gasteiger partial charge in [0.2, 0.25) is 5.82 Å². The van der Waals surface area contributed by atoms with E-state index in [0.29, 0.717) is 22.1 Å². The number of halogens is 1. The number of aromatic nitrogens is 1. The molecule has 118 valence electrons. The molecule has 0 saturated carbocycles. The Morgan fingerprint density at radius 1 is 1.24 bits per heavy atom. The van der Waals surface area contributed by atoms with Gasteiger partial charge in [0.25, 0.3) is 0 Å².